The molecule has 0 radical (unpaired) electrons. The molecular weight excluding hydrogens is 194 g/mol. The molecule has 0 saturated heterocycles. The van der Waals surface area contributed by atoms with E-state index in [9.17, 15) is 0 Å². The van der Waals surface area contributed by atoms with Crippen molar-refractivity contribution in [2.75, 3.05) is 28.4 Å². The zero-order valence-corrected chi connectivity index (χ0v) is 10.3. The van der Waals surface area contributed by atoms with E-state index in [2.05, 4.69) is 12.7 Å². The van der Waals surface area contributed by atoms with E-state index in [0.29, 0.717) is 0 Å². The molecule has 0 aliphatic carbocycles. The van der Waals surface area contributed by atoms with E-state index in [-0.39, 0.29) is 0 Å². The second-order valence-electron chi connectivity index (χ2n) is 2.05. The minimum atomic E-state index is -2.70. The molecule has 0 spiro atoms. The van der Waals surface area contributed by atoms with Gasteiger partial charge in [0.1, 0.15) is 0 Å². The van der Waals surface area contributed by atoms with Crippen molar-refractivity contribution in [2.45, 2.75) is 18.1 Å². The largest absolute Gasteiger partial charge is 0.333 e. The minimum Gasteiger partial charge on any atom is -0.333 e. The Hall–Kier alpha value is 0.554. The van der Waals surface area contributed by atoms with Gasteiger partial charge in [0.25, 0.3) is 0 Å². The average Bonchev–Trinajstić information content (AvgIpc) is 2.18. The fraction of sp³-hybridized carbons (Fsp3) is 1.00. The zero-order valence-electron chi connectivity index (χ0n) is 8.72. The van der Waals surface area contributed by atoms with Crippen molar-refractivity contribution in [3.8, 4) is 0 Å². The molecule has 0 unspecified atom stereocenters. The van der Waals surface area contributed by atoms with E-state index in [1.807, 2.05) is 0 Å². The van der Waals surface area contributed by atoms with Gasteiger partial charge in [-0.2, -0.15) is 0 Å². The summed E-state index contributed by atoms with van der Waals surface area (Å²) < 4.78 is 16.6. The van der Waals surface area contributed by atoms with Crippen molar-refractivity contribution in [2.24, 2.45) is 5.73 Å². The summed E-state index contributed by atoms with van der Waals surface area (Å²) >= 11 is -2.70. The van der Waals surface area contributed by atoms with Crippen LogP contribution >= 0.6 is 0 Å². The van der Waals surface area contributed by atoms with E-state index >= 15 is 0 Å². The summed E-state index contributed by atoms with van der Waals surface area (Å²) in [5, 5.41) is 0. The van der Waals surface area contributed by atoms with Crippen LogP contribution in [0.1, 0.15) is 13.3 Å². The van der Waals surface area contributed by atoms with Gasteiger partial charge >= 0.3 is 67.1 Å². The third kappa shape index (κ3) is 5.24. The predicted molar refractivity (Wildman–Crippen MR) is 46.2 cm³/mol. The molecule has 2 N–H and O–H groups in total. The summed E-state index contributed by atoms with van der Waals surface area (Å²) in [6.45, 7) is 2.09. The SMILES string of the molecule is CC[CH2][Ti]([O]C)([O]C)[O]C.CN. The van der Waals surface area contributed by atoms with Crippen LogP contribution in [0.4, 0.5) is 0 Å². The van der Waals surface area contributed by atoms with Crippen LogP contribution in [0.25, 0.3) is 0 Å². The summed E-state index contributed by atoms with van der Waals surface area (Å²) in [5.41, 5.74) is 4.50. The van der Waals surface area contributed by atoms with E-state index in [4.69, 9.17) is 9.96 Å². The summed E-state index contributed by atoms with van der Waals surface area (Å²) in [5.74, 6) is 0. The molecule has 0 aliphatic rings. The fourth-order valence-corrected chi connectivity index (χ4v) is 3.56. The van der Waals surface area contributed by atoms with Gasteiger partial charge in [-0.25, -0.2) is 0 Å². The van der Waals surface area contributed by atoms with Gasteiger partial charge in [0, 0.05) is 0 Å². The van der Waals surface area contributed by atoms with Gasteiger partial charge < -0.3 is 5.73 Å². The molecule has 4 nitrogen and oxygen atoms in total. The Balaban J connectivity index is 0. The molecule has 12 heavy (non-hydrogen) atoms. The molecule has 0 aromatic rings. The molecule has 0 saturated carbocycles. The summed E-state index contributed by atoms with van der Waals surface area (Å²) in [6.07, 6.45) is 1.05. The first-order valence-corrected chi connectivity index (χ1v) is 6.99. The fourth-order valence-electron chi connectivity index (χ4n) is 0.862. The Morgan fingerprint density at radius 2 is 1.33 bits per heavy atom. The first-order valence-electron chi connectivity index (χ1n) is 3.98. The molecule has 0 aromatic heterocycles. The maximum absolute atomic E-state index is 5.22. The van der Waals surface area contributed by atoms with Gasteiger partial charge in [-0.1, -0.05) is 0 Å². The Bertz CT molecular complexity index is 80.5. The molecule has 0 aliphatic heterocycles. The molecule has 0 bridgehead atoms. The van der Waals surface area contributed by atoms with Gasteiger partial charge in [0.05, 0.1) is 0 Å². The first-order chi connectivity index (χ1) is 5.74. The average molecular weight is 215 g/mol. The van der Waals surface area contributed by atoms with Gasteiger partial charge in [0.15, 0.2) is 0 Å². The standard InChI is InChI=1S/C3H7.CH5N.3CH3O.Ti/c1-3-2;4*1-2;/h1,3H2,2H3;2H2,1H3;3*1H3;/q;;3*-1;+3. The van der Waals surface area contributed by atoms with E-state index < -0.39 is 17.8 Å². The third-order valence-corrected chi connectivity index (χ3v) is 6.14. The van der Waals surface area contributed by atoms with Crippen molar-refractivity contribution < 1.29 is 27.7 Å². The van der Waals surface area contributed by atoms with Crippen molar-refractivity contribution in [1.82, 2.24) is 0 Å². The molecule has 5 heteroatoms. The quantitative estimate of drug-likeness (QED) is 0.700. The Labute approximate surface area is 80.2 Å². The van der Waals surface area contributed by atoms with Crippen molar-refractivity contribution in [1.29, 1.82) is 0 Å². The molecule has 0 amide bonds. The van der Waals surface area contributed by atoms with Crippen LogP contribution in [-0.2, 0) is 27.7 Å². The van der Waals surface area contributed by atoms with Crippen LogP contribution in [0.5, 0.6) is 0 Å². The van der Waals surface area contributed by atoms with Gasteiger partial charge in [0.2, 0.25) is 0 Å². The molecule has 0 aromatic carbocycles. The van der Waals surface area contributed by atoms with Crippen LogP contribution in [0, 0.1) is 0 Å². The second kappa shape index (κ2) is 9.64. The van der Waals surface area contributed by atoms with Crippen LogP contribution < -0.4 is 5.73 Å². The normalized spacial score (nSPS) is 10.5. The van der Waals surface area contributed by atoms with E-state index in [1.54, 1.807) is 21.3 Å². The predicted octanol–water partition coefficient (Wildman–Crippen LogP) is 1.23. The number of nitrogens with two attached hydrogens (primary N) is 1. The number of hydrogen-bond donors (Lipinski definition) is 1. The van der Waals surface area contributed by atoms with Gasteiger partial charge in [-0.15, -0.1) is 0 Å². The van der Waals surface area contributed by atoms with E-state index in [1.165, 1.54) is 7.05 Å². The molecular formula is C7H21NO3Ti. The van der Waals surface area contributed by atoms with Crippen LogP contribution in [0.15, 0.2) is 0 Å². The number of rotatable bonds is 5. The second-order valence-corrected chi connectivity index (χ2v) is 6.87. The smallest absolute Gasteiger partial charge is 0.0195 e. The molecule has 0 rings (SSSR count). The van der Waals surface area contributed by atoms with Gasteiger partial charge in [-0.05, 0) is 7.05 Å². The summed E-state index contributed by atoms with van der Waals surface area (Å²) in [4.78, 5) is 0. The van der Waals surface area contributed by atoms with Crippen LogP contribution in [0.3, 0.4) is 0 Å². The molecule has 0 fully saturated rings. The van der Waals surface area contributed by atoms with Crippen molar-refractivity contribution >= 4 is 0 Å². The van der Waals surface area contributed by atoms with Gasteiger partial charge in [-0.3, -0.25) is 0 Å². The zero-order chi connectivity index (χ0) is 10.0. The van der Waals surface area contributed by atoms with Crippen molar-refractivity contribution in [3.63, 3.8) is 0 Å². The maximum Gasteiger partial charge on any atom is -0.0195 e. The Kier molecular flexibility index (Phi) is 12.1. The summed E-state index contributed by atoms with van der Waals surface area (Å²) in [7, 11) is 6.47. The first kappa shape index (κ1) is 15.0. The van der Waals surface area contributed by atoms with E-state index in [0.717, 1.165) is 11.1 Å². The molecule has 0 heterocycles. The third-order valence-electron chi connectivity index (χ3n) is 1.49. The summed E-state index contributed by atoms with van der Waals surface area (Å²) in [6, 6.07) is 0. The minimum absolute atomic E-state index is 0.934. The molecule has 0 atom stereocenters. The molecule has 76 valence electrons. The Morgan fingerprint density at radius 1 is 1.00 bits per heavy atom. The Morgan fingerprint density at radius 3 is 1.42 bits per heavy atom. The van der Waals surface area contributed by atoms with Crippen LogP contribution in [-0.4, -0.2) is 28.4 Å². The number of hydrogen-bond acceptors (Lipinski definition) is 4. The monoisotopic (exact) mass is 215 g/mol. The maximum atomic E-state index is 5.22. The topological polar surface area (TPSA) is 53.7 Å². The van der Waals surface area contributed by atoms with Crippen LogP contribution in [0.2, 0.25) is 4.73 Å². The van der Waals surface area contributed by atoms with Crippen molar-refractivity contribution in [3.05, 3.63) is 0 Å².